The second-order valence-electron chi connectivity index (χ2n) is 3.83. The van der Waals surface area contributed by atoms with E-state index in [-0.39, 0.29) is 21.7 Å². The van der Waals surface area contributed by atoms with E-state index in [9.17, 15) is 0 Å². The van der Waals surface area contributed by atoms with Gasteiger partial charge in [-0.05, 0) is 0 Å². The first kappa shape index (κ1) is 39.6. The van der Waals surface area contributed by atoms with Gasteiger partial charge in [0.15, 0.2) is 0 Å². The number of hydrogen-bond donors (Lipinski definition) is 4. The average Bonchev–Trinajstić information content (AvgIpc) is 2.62. The predicted molar refractivity (Wildman–Crippen MR) is 153 cm³/mol. The van der Waals surface area contributed by atoms with E-state index in [4.69, 9.17) is 0 Å². The maximum absolute atomic E-state index is 4.52. The fraction of sp³-hybridized carbons (Fsp3) is 0.250. The summed E-state index contributed by atoms with van der Waals surface area (Å²) < 4.78 is 1.61. The summed E-state index contributed by atoms with van der Waals surface area (Å²) in [6.45, 7) is 16.5. The van der Waals surface area contributed by atoms with E-state index >= 15 is 0 Å². The summed E-state index contributed by atoms with van der Waals surface area (Å²) in [4.78, 5) is 0. The van der Waals surface area contributed by atoms with Crippen molar-refractivity contribution in [3.63, 3.8) is 0 Å². The Labute approximate surface area is 234 Å². The predicted octanol–water partition coefficient (Wildman–Crippen LogP) is 2.37. The quantitative estimate of drug-likeness (QED) is 0.149. The van der Waals surface area contributed by atoms with Gasteiger partial charge in [-0.15, -0.1) is 26.3 Å². The van der Waals surface area contributed by atoms with Crippen molar-refractivity contribution in [1.29, 1.82) is 0 Å². The van der Waals surface area contributed by atoms with Crippen LogP contribution in [0.2, 0.25) is 0 Å². The van der Waals surface area contributed by atoms with Gasteiger partial charge in [0.1, 0.15) is 0 Å². The summed E-state index contributed by atoms with van der Waals surface area (Å²) in [5.41, 5.74) is 0. The van der Waals surface area contributed by atoms with Crippen LogP contribution in [0.5, 0.6) is 0 Å². The van der Waals surface area contributed by atoms with E-state index in [0.717, 1.165) is 0 Å². The first-order chi connectivity index (χ1) is 13.1. The molecule has 4 N–H and O–H groups in total. The minimum absolute atomic E-state index is 0. The minimum Gasteiger partial charge on any atom is -0.412 e. The zero-order chi connectivity index (χ0) is 22.8. The molecule has 0 aliphatic carbocycles. The summed E-state index contributed by atoms with van der Waals surface area (Å²) in [6.07, 6.45) is 6.83. The molecule has 0 aliphatic rings. The third-order valence-electron chi connectivity index (χ3n) is 1.56. The molecule has 0 heterocycles. The Morgan fingerprint density at radius 2 is 0.655 bits per heavy atom. The van der Waals surface area contributed by atoms with Gasteiger partial charge in [0.2, 0.25) is 0 Å². The summed E-state index contributed by atoms with van der Waals surface area (Å²) >= 11 is 36.1. The Balaban J connectivity index is -0.0000000873. The van der Waals surface area contributed by atoms with Crippen molar-refractivity contribution in [2.75, 3.05) is 26.2 Å². The van der Waals surface area contributed by atoms with E-state index in [0.29, 0.717) is 43.5 Å². The molecule has 0 bridgehead atoms. The molecule has 0 aliphatic heterocycles. The van der Waals surface area contributed by atoms with E-state index < -0.39 is 0 Å². The molecule has 0 saturated heterocycles. The molecule has 0 fully saturated rings. The van der Waals surface area contributed by atoms with Gasteiger partial charge >= 0.3 is 21.7 Å². The molecular formula is C16H24N4S8Ti. The van der Waals surface area contributed by atoms with Gasteiger partial charge in [-0.1, -0.05) is 41.6 Å². The zero-order valence-corrected chi connectivity index (χ0v) is 23.8. The van der Waals surface area contributed by atoms with Crippen LogP contribution in [0, 0.1) is 0 Å². The van der Waals surface area contributed by atoms with Crippen molar-refractivity contribution in [3.05, 3.63) is 50.6 Å². The van der Waals surface area contributed by atoms with Gasteiger partial charge in [-0.25, -0.2) is 0 Å². The third kappa shape index (κ3) is 73.8. The Morgan fingerprint density at radius 1 is 0.517 bits per heavy atom. The van der Waals surface area contributed by atoms with Crippen molar-refractivity contribution in [1.82, 2.24) is 21.3 Å². The Bertz CT molecular complexity index is 413. The van der Waals surface area contributed by atoms with Crippen LogP contribution < -0.4 is 21.3 Å². The summed E-state index contributed by atoms with van der Waals surface area (Å²) in [7, 11) is 0. The van der Waals surface area contributed by atoms with Gasteiger partial charge in [-0.3, -0.25) is 0 Å². The van der Waals surface area contributed by atoms with Crippen molar-refractivity contribution in [3.8, 4) is 0 Å². The first-order valence-corrected chi connectivity index (χ1v) is 10.6. The molecule has 29 heavy (non-hydrogen) atoms. The standard InChI is InChI=1S/4C4H7NS2.Ti/c4*1-2-3-5-4(6)7;/h4*2H,1,3H2,(H2,5,6,7);/q;;;;+4/p-4. The number of thiocarbonyl (C=S) groups is 4. The molecule has 0 aromatic heterocycles. The Kier molecular flexibility index (Phi) is 48.5. The normalized spacial score (nSPS) is 7.17. The van der Waals surface area contributed by atoms with Gasteiger partial charge in [0, 0.05) is 26.2 Å². The van der Waals surface area contributed by atoms with Gasteiger partial charge in [0.05, 0.1) is 0 Å². The van der Waals surface area contributed by atoms with Crippen molar-refractivity contribution in [2.24, 2.45) is 0 Å². The zero-order valence-electron chi connectivity index (χ0n) is 15.7. The monoisotopic (exact) mass is 576 g/mol. The van der Waals surface area contributed by atoms with Crippen LogP contribution in [-0.4, -0.2) is 43.5 Å². The summed E-state index contributed by atoms with van der Waals surface area (Å²) in [5, 5.41) is 10.9. The molecule has 13 heteroatoms. The molecule has 0 aromatic carbocycles. The maximum Gasteiger partial charge on any atom is 4.00 e. The molecule has 160 valence electrons. The van der Waals surface area contributed by atoms with Gasteiger partial charge in [-0.2, -0.15) is 0 Å². The molecule has 0 amide bonds. The minimum atomic E-state index is 0. The first-order valence-electron chi connectivity index (χ1n) is 7.31. The SMILES string of the molecule is C=CCNC(=S)[S-].C=CCNC(=S)[S-].C=CCNC(=S)[S-].C=CCNC(=S)[S-].[Ti+4]. The second kappa shape index (κ2) is 35.5. The van der Waals surface area contributed by atoms with Crippen LogP contribution in [0.4, 0.5) is 0 Å². The molecule has 0 atom stereocenters. The largest absolute Gasteiger partial charge is 4.00 e. The number of hydrogen-bond acceptors (Lipinski definition) is 8. The molecule has 0 radical (unpaired) electrons. The van der Waals surface area contributed by atoms with E-state index in [1.807, 2.05) is 0 Å². The van der Waals surface area contributed by atoms with Gasteiger partial charge < -0.3 is 121 Å². The molecule has 0 rings (SSSR count). The van der Waals surface area contributed by atoms with Crippen LogP contribution in [0.1, 0.15) is 0 Å². The van der Waals surface area contributed by atoms with Crippen molar-refractivity contribution < 1.29 is 21.7 Å². The summed E-state index contributed by atoms with van der Waals surface area (Å²) in [6, 6.07) is 0. The Morgan fingerprint density at radius 3 is 0.690 bits per heavy atom. The fourth-order valence-corrected chi connectivity index (χ4v) is 1.29. The van der Waals surface area contributed by atoms with E-state index in [2.05, 4.69) is 147 Å². The van der Waals surface area contributed by atoms with Crippen LogP contribution in [0.25, 0.3) is 0 Å². The number of rotatable bonds is 8. The van der Waals surface area contributed by atoms with E-state index in [1.54, 1.807) is 24.3 Å². The third-order valence-corrected chi connectivity index (χ3v) is 2.72. The maximum atomic E-state index is 4.52. The van der Waals surface area contributed by atoms with Crippen molar-refractivity contribution >= 4 is 117 Å². The second-order valence-corrected chi connectivity index (χ2v) is 8.13. The fourth-order valence-electron chi connectivity index (χ4n) is 0.622. The molecule has 0 saturated carbocycles. The van der Waals surface area contributed by atoms with Crippen molar-refractivity contribution in [2.45, 2.75) is 0 Å². The Hall–Kier alpha value is 0.114. The molecule has 0 unspecified atom stereocenters. The van der Waals surface area contributed by atoms with Gasteiger partial charge in [0.25, 0.3) is 0 Å². The van der Waals surface area contributed by atoms with E-state index in [1.165, 1.54) is 0 Å². The van der Waals surface area contributed by atoms with Crippen LogP contribution in [0.15, 0.2) is 50.6 Å². The molecule has 4 nitrogen and oxygen atoms in total. The number of nitrogens with one attached hydrogen (secondary N) is 4. The molecular weight excluding hydrogens is 553 g/mol. The van der Waals surface area contributed by atoms with Crippen LogP contribution >= 0.6 is 48.9 Å². The topological polar surface area (TPSA) is 48.1 Å². The average molecular weight is 577 g/mol. The van der Waals surface area contributed by atoms with Crippen LogP contribution in [-0.2, 0) is 72.2 Å². The summed E-state index contributed by atoms with van der Waals surface area (Å²) in [5.74, 6) is 0. The van der Waals surface area contributed by atoms with Crippen LogP contribution in [0.3, 0.4) is 0 Å². The molecule has 0 spiro atoms. The smallest absolute Gasteiger partial charge is 0.412 e. The molecule has 0 aromatic rings.